The molecule has 0 spiro atoms. The van der Waals surface area contributed by atoms with Crippen LogP contribution in [0.25, 0.3) is 0 Å². The number of phenolic OH excluding ortho intramolecular Hbond substituents is 1. The standard InChI is InChI=1S/C15H22BrNO2/c1-2-5-12(8-9-16)11-17-15(19)10-13-6-3-4-7-14(13)18/h3-4,6-7,12,18H,2,5,8-11H2,1H3,(H,17,19). The van der Waals surface area contributed by atoms with Crippen molar-refractivity contribution >= 4 is 21.8 Å². The monoisotopic (exact) mass is 327 g/mol. The third-order valence-corrected chi connectivity index (χ3v) is 3.60. The molecule has 0 saturated heterocycles. The van der Waals surface area contributed by atoms with E-state index in [0.29, 0.717) is 18.0 Å². The molecule has 1 aromatic rings. The Bertz CT molecular complexity index is 389. The van der Waals surface area contributed by atoms with Crippen LogP contribution in [-0.2, 0) is 11.2 Å². The Kier molecular flexibility index (Phi) is 7.56. The molecule has 4 heteroatoms. The van der Waals surface area contributed by atoms with Crippen molar-refractivity contribution < 1.29 is 9.90 Å². The fraction of sp³-hybridized carbons (Fsp3) is 0.533. The molecule has 0 bridgehead atoms. The molecule has 0 aliphatic heterocycles. The minimum atomic E-state index is -0.0304. The van der Waals surface area contributed by atoms with Gasteiger partial charge < -0.3 is 10.4 Å². The predicted octanol–water partition coefficient (Wildman–Crippen LogP) is 3.25. The first-order valence-electron chi connectivity index (χ1n) is 6.76. The van der Waals surface area contributed by atoms with E-state index in [1.807, 2.05) is 6.07 Å². The zero-order valence-corrected chi connectivity index (χ0v) is 12.9. The van der Waals surface area contributed by atoms with Gasteiger partial charge in [0.25, 0.3) is 0 Å². The van der Waals surface area contributed by atoms with Crippen molar-refractivity contribution in [3.63, 3.8) is 0 Å². The van der Waals surface area contributed by atoms with Crippen LogP contribution >= 0.6 is 15.9 Å². The molecular formula is C15H22BrNO2. The first-order valence-corrected chi connectivity index (χ1v) is 7.89. The smallest absolute Gasteiger partial charge is 0.224 e. The summed E-state index contributed by atoms with van der Waals surface area (Å²) in [6, 6.07) is 6.96. The number of hydrogen-bond acceptors (Lipinski definition) is 2. The van der Waals surface area contributed by atoms with E-state index in [4.69, 9.17) is 0 Å². The molecule has 0 aliphatic carbocycles. The number of carbonyl (C=O) groups is 1. The highest BCUT2D eigenvalue weighted by Gasteiger charge is 2.11. The Morgan fingerprint density at radius 2 is 2.11 bits per heavy atom. The summed E-state index contributed by atoms with van der Waals surface area (Å²) in [7, 11) is 0. The second-order valence-corrected chi connectivity index (χ2v) is 5.53. The van der Waals surface area contributed by atoms with Crippen LogP contribution in [0.4, 0.5) is 0 Å². The largest absolute Gasteiger partial charge is 0.508 e. The molecule has 106 valence electrons. The van der Waals surface area contributed by atoms with Crippen molar-refractivity contribution in [3.05, 3.63) is 29.8 Å². The molecule has 0 saturated carbocycles. The molecule has 1 aromatic carbocycles. The minimum Gasteiger partial charge on any atom is -0.508 e. The lowest BCUT2D eigenvalue weighted by Gasteiger charge is -2.15. The fourth-order valence-corrected chi connectivity index (χ4v) is 2.71. The predicted molar refractivity (Wildman–Crippen MR) is 81.6 cm³/mol. The van der Waals surface area contributed by atoms with Crippen LogP contribution in [-0.4, -0.2) is 22.9 Å². The van der Waals surface area contributed by atoms with E-state index >= 15 is 0 Å². The Balaban J connectivity index is 2.40. The van der Waals surface area contributed by atoms with Gasteiger partial charge in [0.05, 0.1) is 6.42 Å². The quantitative estimate of drug-likeness (QED) is 0.720. The van der Waals surface area contributed by atoms with Gasteiger partial charge in [-0.2, -0.15) is 0 Å². The normalized spacial score (nSPS) is 12.1. The Morgan fingerprint density at radius 1 is 1.37 bits per heavy atom. The van der Waals surface area contributed by atoms with Crippen molar-refractivity contribution in [2.75, 3.05) is 11.9 Å². The zero-order valence-electron chi connectivity index (χ0n) is 11.4. The molecule has 19 heavy (non-hydrogen) atoms. The molecule has 0 fully saturated rings. The molecule has 0 heterocycles. The van der Waals surface area contributed by atoms with Crippen molar-refractivity contribution in [2.45, 2.75) is 32.6 Å². The topological polar surface area (TPSA) is 49.3 Å². The van der Waals surface area contributed by atoms with Gasteiger partial charge in [0.2, 0.25) is 5.91 Å². The number of para-hydroxylation sites is 1. The van der Waals surface area contributed by atoms with Crippen molar-refractivity contribution in [2.24, 2.45) is 5.92 Å². The SMILES string of the molecule is CCCC(CCBr)CNC(=O)Cc1ccccc1O. The van der Waals surface area contributed by atoms with Crippen LogP contribution in [0.2, 0.25) is 0 Å². The maximum Gasteiger partial charge on any atom is 0.224 e. The first-order chi connectivity index (χ1) is 9.17. The second-order valence-electron chi connectivity index (χ2n) is 4.74. The summed E-state index contributed by atoms with van der Waals surface area (Å²) in [6.45, 7) is 2.87. The number of rotatable bonds is 8. The molecule has 3 nitrogen and oxygen atoms in total. The van der Waals surface area contributed by atoms with E-state index in [2.05, 4.69) is 28.2 Å². The maximum absolute atomic E-state index is 11.8. The van der Waals surface area contributed by atoms with Crippen LogP contribution in [0.5, 0.6) is 5.75 Å². The molecule has 1 rings (SSSR count). The number of amides is 1. The van der Waals surface area contributed by atoms with Gasteiger partial charge in [-0.1, -0.05) is 47.5 Å². The molecule has 1 amide bonds. The number of aromatic hydroxyl groups is 1. The number of phenols is 1. The van der Waals surface area contributed by atoms with E-state index in [1.165, 1.54) is 0 Å². The van der Waals surface area contributed by atoms with Gasteiger partial charge in [-0.15, -0.1) is 0 Å². The summed E-state index contributed by atoms with van der Waals surface area (Å²) < 4.78 is 0. The van der Waals surface area contributed by atoms with Gasteiger partial charge in [0.15, 0.2) is 0 Å². The van der Waals surface area contributed by atoms with E-state index in [9.17, 15) is 9.90 Å². The van der Waals surface area contributed by atoms with E-state index in [-0.39, 0.29) is 18.1 Å². The van der Waals surface area contributed by atoms with Crippen LogP contribution in [0.3, 0.4) is 0 Å². The molecular weight excluding hydrogens is 306 g/mol. The van der Waals surface area contributed by atoms with Crippen LogP contribution in [0.1, 0.15) is 31.7 Å². The Morgan fingerprint density at radius 3 is 2.74 bits per heavy atom. The molecule has 2 N–H and O–H groups in total. The van der Waals surface area contributed by atoms with Gasteiger partial charge in [-0.3, -0.25) is 4.79 Å². The second kappa shape index (κ2) is 8.97. The summed E-state index contributed by atoms with van der Waals surface area (Å²) in [4.78, 5) is 11.8. The van der Waals surface area contributed by atoms with Crippen LogP contribution in [0, 0.1) is 5.92 Å². The molecule has 0 aromatic heterocycles. The maximum atomic E-state index is 11.8. The number of halogens is 1. The number of carbonyl (C=O) groups excluding carboxylic acids is 1. The summed E-state index contributed by atoms with van der Waals surface area (Å²) >= 11 is 3.44. The van der Waals surface area contributed by atoms with Gasteiger partial charge in [0.1, 0.15) is 5.75 Å². The van der Waals surface area contributed by atoms with Gasteiger partial charge >= 0.3 is 0 Å². The van der Waals surface area contributed by atoms with Gasteiger partial charge in [-0.05, 0) is 24.8 Å². The highest BCUT2D eigenvalue weighted by molar-refractivity contribution is 9.09. The highest BCUT2D eigenvalue weighted by Crippen LogP contribution is 2.16. The van der Waals surface area contributed by atoms with Gasteiger partial charge in [0, 0.05) is 17.4 Å². The summed E-state index contributed by atoms with van der Waals surface area (Å²) in [5, 5.41) is 13.5. The van der Waals surface area contributed by atoms with Crippen LogP contribution < -0.4 is 5.32 Å². The zero-order chi connectivity index (χ0) is 14.1. The van der Waals surface area contributed by atoms with Crippen molar-refractivity contribution in [1.82, 2.24) is 5.32 Å². The number of nitrogens with one attached hydrogen (secondary N) is 1. The number of benzene rings is 1. The fourth-order valence-electron chi connectivity index (χ4n) is 2.06. The van der Waals surface area contributed by atoms with Crippen molar-refractivity contribution in [1.29, 1.82) is 0 Å². The summed E-state index contributed by atoms with van der Waals surface area (Å²) in [5.41, 5.74) is 0.674. The molecule has 0 radical (unpaired) electrons. The Labute approximate surface area is 123 Å². The van der Waals surface area contributed by atoms with Gasteiger partial charge in [-0.25, -0.2) is 0 Å². The number of hydrogen-bond donors (Lipinski definition) is 2. The lowest BCUT2D eigenvalue weighted by molar-refractivity contribution is -0.120. The summed E-state index contributed by atoms with van der Waals surface area (Å²) in [6.07, 6.45) is 3.57. The molecule has 1 atom stereocenters. The summed E-state index contributed by atoms with van der Waals surface area (Å²) in [5.74, 6) is 0.679. The molecule has 0 aliphatic rings. The minimum absolute atomic E-state index is 0.0304. The van der Waals surface area contributed by atoms with E-state index in [0.717, 1.165) is 24.6 Å². The van der Waals surface area contributed by atoms with E-state index in [1.54, 1.807) is 18.2 Å². The lowest BCUT2D eigenvalue weighted by atomic mass is 10.0. The lowest BCUT2D eigenvalue weighted by Crippen LogP contribution is -2.30. The average molecular weight is 328 g/mol. The third kappa shape index (κ3) is 6.10. The van der Waals surface area contributed by atoms with Crippen molar-refractivity contribution in [3.8, 4) is 5.75 Å². The highest BCUT2D eigenvalue weighted by atomic mass is 79.9. The van der Waals surface area contributed by atoms with Crippen LogP contribution in [0.15, 0.2) is 24.3 Å². The number of alkyl halides is 1. The molecule has 1 unspecified atom stereocenters. The van der Waals surface area contributed by atoms with E-state index < -0.39 is 0 Å². The average Bonchev–Trinajstić information content (AvgIpc) is 2.39. The third-order valence-electron chi connectivity index (χ3n) is 3.14. The first kappa shape index (κ1) is 16.0. The Hall–Kier alpha value is -1.03.